The van der Waals surface area contributed by atoms with Crippen LogP contribution in [0.3, 0.4) is 0 Å². The van der Waals surface area contributed by atoms with Gasteiger partial charge in [-0.15, -0.1) is 5.59 Å². The van der Waals surface area contributed by atoms with E-state index in [9.17, 15) is 0 Å². The molecule has 0 unspecified atom stereocenters. The molecule has 0 N–H and O–H groups in total. The molecule has 0 atom stereocenters. The normalized spacial score (nSPS) is 11.4. The second-order valence-electron chi connectivity index (χ2n) is 5.31. The standard InChI is InChI=1S/C15H23BNO.Li/c1-5-16(6-2,7-3)15-12-13-10-8-9-11-14(13)17(15)18-4;/h8-12H,5-7H2,1-4H3;/q-1;+1. The van der Waals surface area contributed by atoms with E-state index in [2.05, 4.69) is 51.1 Å². The molecule has 0 spiro atoms. The van der Waals surface area contributed by atoms with Gasteiger partial charge in [0.1, 0.15) is 7.11 Å². The Balaban J connectivity index is 0.00000180. The molecule has 0 saturated carbocycles. The maximum Gasteiger partial charge on any atom is 1.00 e. The van der Waals surface area contributed by atoms with Crippen molar-refractivity contribution in [2.75, 3.05) is 7.11 Å². The van der Waals surface area contributed by atoms with E-state index in [1.807, 2.05) is 4.73 Å². The summed E-state index contributed by atoms with van der Waals surface area (Å²) in [5, 5.41) is 1.27. The molecular weight excluding hydrogens is 228 g/mol. The zero-order valence-electron chi connectivity index (χ0n) is 12.9. The monoisotopic (exact) mass is 251 g/mol. The zero-order chi connectivity index (χ0) is 13.2. The first-order valence-electron chi connectivity index (χ1n) is 7.08. The fourth-order valence-electron chi connectivity index (χ4n) is 3.27. The number of fused-ring (bicyclic) bond motifs is 1. The van der Waals surface area contributed by atoms with E-state index < -0.39 is 6.15 Å². The van der Waals surface area contributed by atoms with Crippen LogP contribution in [-0.2, 0) is 0 Å². The van der Waals surface area contributed by atoms with E-state index in [1.165, 1.54) is 35.5 Å². The Hall–Kier alpha value is -0.778. The summed E-state index contributed by atoms with van der Waals surface area (Å²) in [5.74, 6) is 0. The van der Waals surface area contributed by atoms with Crippen LogP contribution in [0, 0.1) is 0 Å². The fourth-order valence-corrected chi connectivity index (χ4v) is 3.27. The first-order chi connectivity index (χ1) is 8.72. The average Bonchev–Trinajstić information content (AvgIpc) is 2.80. The van der Waals surface area contributed by atoms with Crippen molar-refractivity contribution in [1.29, 1.82) is 0 Å². The fraction of sp³-hybridized carbons (Fsp3) is 0.467. The molecule has 4 heteroatoms. The first-order valence-corrected chi connectivity index (χ1v) is 7.08. The van der Waals surface area contributed by atoms with Gasteiger partial charge in [0.2, 0.25) is 0 Å². The van der Waals surface area contributed by atoms with Gasteiger partial charge in [-0.3, -0.25) is 0 Å². The van der Waals surface area contributed by atoms with Gasteiger partial charge in [-0.05, 0) is 11.5 Å². The third-order valence-corrected chi connectivity index (χ3v) is 4.85. The summed E-state index contributed by atoms with van der Waals surface area (Å²) in [5.41, 5.74) is 2.54. The molecule has 0 aliphatic carbocycles. The minimum atomic E-state index is -0.512. The number of rotatable bonds is 5. The van der Waals surface area contributed by atoms with Gasteiger partial charge >= 0.3 is 18.9 Å². The molecule has 1 aromatic heterocycles. The van der Waals surface area contributed by atoms with Crippen molar-refractivity contribution in [3.05, 3.63) is 30.3 Å². The van der Waals surface area contributed by atoms with Crippen molar-refractivity contribution < 1.29 is 23.7 Å². The molecule has 0 amide bonds. The Kier molecular flexibility index (Phi) is 5.65. The molecule has 1 heterocycles. The number of aromatic nitrogens is 1. The van der Waals surface area contributed by atoms with E-state index in [0.717, 1.165) is 0 Å². The molecule has 0 saturated heterocycles. The summed E-state index contributed by atoms with van der Waals surface area (Å²) in [6.07, 6.45) is 3.09. The van der Waals surface area contributed by atoms with E-state index in [-0.39, 0.29) is 18.9 Å². The van der Waals surface area contributed by atoms with Gasteiger partial charge in [0.15, 0.2) is 0 Å². The van der Waals surface area contributed by atoms with Gasteiger partial charge in [0.25, 0.3) is 0 Å². The Labute approximate surface area is 128 Å². The maximum atomic E-state index is 5.64. The molecular formula is C15H23BLiNO. The minimum absolute atomic E-state index is 0. The Morgan fingerprint density at radius 1 is 1.05 bits per heavy atom. The summed E-state index contributed by atoms with van der Waals surface area (Å²) >= 11 is 0. The van der Waals surface area contributed by atoms with E-state index in [1.54, 1.807) is 7.11 Å². The van der Waals surface area contributed by atoms with Crippen molar-refractivity contribution in [1.82, 2.24) is 4.73 Å². The minimum Gasteiger partial charge on any atom is -0.420 e. The number of para-hydroxylation sites is 1. The van der Waals surface area contributed by atoms with Crippen LogP contribution in [0.4, 0.5) is 0 Å². The number of nitrogens with zero attached hydrogens (tertiary/aromatic N) is 1. The molecule has 0 bridgehead atoms. The predicted octanol–water partition coefficient (Wildman–Crippen LogP) is 0.419. The summed E-state index contributed by atoms with van der Waals surface area (Å²) in [6.45, 7) is 6.89. The number of hydrogen-bond donors (Lipinski definition) is 0. The molecule has 0 radical (unpaired) electrons. The van der Waals surface area contributed by atoms with E-state index in [0.29, 0.717) is 0 Å². The second-order valence-corrected chi connectivity index (χ2v) is 5.31. The molecule has 0 aliphatic heterocycles. The largest absolute Gasteiger partial charge is 1.00 e. The van der Waals surface area contributed by atoms with Crippen LogP contribution in [0.5, 0.6) is 0 Å². The third-order valence-electron chi connectivity index (χ3n) is 4.85. The SMILES string of the molecule is CC[B-](CC)(CC)c1cc2ccccc2n1OC.[Li+]. The molecule has 2 nitrogen and oxygen atoms in total. The van der Waals surface area contributed by atoms with Crippen molar-refractivity contribution in [2.45, 2.75) is 39.7 Å². The van der Waals surface area contributed by atoms with Crippen LogP contribution in [0.25, 0.3) is 10.9 Å². The number of hydrogen-bond acceptors (Lipinski definition) is 1. The molecule has 1 aromatic carbocycles. The van der Waals surface area contributed by atoms with E-state index in [4.69, 9.17) is 4.84 Å². The summed E-state index contributed by atoms with van der Waals surface area (Å²) in [6, 6.07) is 10.8. The van der Waals surface area contributed by atoms with E-state index >= 15 is 0 Å². The molecule has 0 fully saturated rings. The molecule has 2 rings (SSSR count). The maximum absolute atomic E-state index is 5.64. The first kappa shape index (κ1) is 16.3. The van der Waals surface area contributed by atoms with Crippen molar-refractivity contribution >= 4 is 22.6 Å². The van der Waals surface area contributed by atoms with Crippen LogP contribution in [0.1, 0.15) is 20.8 Å². The average molecular weight is 251 g/mol. The van der Waals surface area contributed by atoms with Crippen LogP contribution < -0.4 is 29.3 Å². The van der Waals surface area contributed by atoms with Crippen LogP contribution in [0.2, 0.25) is 19.0 Å². The van der Waals surface area contributed by atoms with Crippen molar-refractivity contribution in [3.63, 3.8) is 0 Å². The quantitative estimate of drug-likeness (QED) is 0.702. The molecule has 2 aromatic rings. The van der Waals surface area contributed by atoms with Crippen molar-refractivity contribution in [3.8, 4) is 0 Å². The summed E-state index contributed by atoms with van der Waals surface area (Å²) in [4.78, 5) is 5.64. The third kappa shape index (κ3) is 2.59. The zero-order valence-corrected chi connectivity index (χ0v) is 12.9. The second kappa shape index (κ2) is 6.59. The topological polar surface area (TPSA) is 14.2 Å². The van der Waals surface area contributed by atoms with Gasteiger partial charge in [-0.25, -0.2) is 4.73 Å². The van der Waals surface area contributed by atoms with Crippen molar-refractivity contribution in [2.24, 2.45) is 0 Å². The summed E-state index contributed by atoms with van der Waals surface area (Å²) in [7, 11) is 1.76. The smallest absolute Gasteiger partial charge is 0.420 e. The summed E-state index contributed by atoms with van der Waals surface area (Å²) < 4.78 is 2.03. The van der Waals surface area contributed by atoms with Gasteiger partial charge < -0.3 is 4.84 Å². The Morgan fingerprint density at radius 3 is 2.16 bits per heavy atom. The molecule has 98 valence electrons. The van der Waals surface area contributed by atoms with Gasteiger partial charge in [-0.1, -0.05) is 45.0 Å². The van der Waals surface area contributed by atoms with Gasteiger partial charge in [-0.2, -0.15) is 19.0 Å². The predicted molar refractivity (Wildman–Crippen MR) is 81.3 cm³/mol. The van der Waals surface area contributed by atoms with Crippen LogP contribution in [-0.4, -0.2) is 18.0 Å². The van der Waals surface area contributed by atoms with Gasteiger partial charge in [0, 0.05) is 0 Å². The van der Waals surface area contributed by atoms with Gasteiger partial charge in [0.05, 0.1) is 11.7 Å². The Morgan fingerprint density at radius 2 is 1.63 bits per heavy atom. The Bertz CT molecular complexity index is 526. The molecule has 0 aliphatic rings. The van der Waals surface area contributed by atoms with Crippen LogP contribution >= 0.6 is 0 Å². The van der Waals surface area contributed by atoms with Crippen LogP contribution in [0.15, 0.2) is 30.3 Å². The molecule has 19 heavy (non-hydrogen) atoms. The number of benzene rings is 1.